The fourth-order valence-electron chi connectivity index (χ4n) is 1.91. The van der Waals surface area contributed by atoms with Gasteiger partial charge in [0.1, 0.15) is 18.2 Å². The SMILES string of the molecule is N[C@@H](Cc1ccccc1)C(=O)O.O=C(O)[C@@H]1CCCN1.OCC(O)CO. The molecule has 8 N–H and O–H groups in total. The molecule has 0 amide bonds. The predicted octanol–water partition coefficient (Wildman–Crippen LogP) is -1.20. The highest BCUT2D eigenvalue weighted by molar-refractivity contribution is 5.74. The second kappa shape index (κ2) is 14.2. The van der Waals surface area contributed by atoms with E-state index in [1.165, 1.54) is 0 Å². The van der Waals surface area contributed by atoms with Crippen molar-refractivity contribution in [3.05, 3.63) is 35.9 Å². The van der Waals surface area contributed by atoms with Crippen LogP contribution in [-0.2, 0) is 16.0 Å². The van der Waals surface area contributed by atoms with Crippen LogP contribution in [0, 0.1) is 0 Å². The van der Waals surface area contributed by atoms with Gasteiger partial charge in [0.15, 0.2) is 0 Å². The first-order valence-corrected chi connectivity index (χ1v) is 8.20. The molecule has 0 aromatic heterocycles. The van der Waals surface area contributed by atoms with Gasteiger partial charge in [0, 0.05) is 0 Å². The molecule has 0 spiro atoms. The molecule has 1 saturated heterocycles. The van der Waals surface area contributed by atoms with Gasteiger partial charge < -0.3 is 36.6 Å². The molecule has 1 fully saturated rings. The van der Waals surface area contributed by atoms with Crippen LogP contribution in [0.2, 0.25) is 0 Å². The molecule has 26 heavy (non-hydrogen) atoms. The van der Waals surface area contributed by atoms with E-state index in [9.17, 15) is 9.59 Å². The maximum atomic E-state index is 10.4. The normalized spacial score (nSPS) is 16.7. The first kappa shape index (κ1) is 24.0. The number of benzene rings is 1. The Morgan fingerprint density at radius 1 is 1.15 bits per heavy atom. The summed E-state index contributed by atoms with van der Waals surface area (Å²) in [5, 5.41) is 43.7. The van der Waals surface area contributed by atoms with Crippen LogP contribution in [-0.4, -0.2) is 75.4 Å². The third-order valence-electron chi connectivity index (χ3n) is 3.40. The van der Waals surface area contributed by atoms with Gasteiger partial charge in [-0.1, -0.05) is 30.3 Å². The maximum absolute atomic E-state index is 10.4. The van der Waals surface area contributed by atoms with E-state index < -0.39 is 24.1 Å². The Balaban J connectivity index is 0.000000388. The first-order valence-electron chi connectivity index (χ1n) is 8.20. The molecule has 0 radical (unpaired) electrons. The summed E-state index contributed by atoms with van der Waals surface area (Å²) in [6.07, 6.45) is 1.22. The minimum atomic E-state index is -0.959. The van der Waals surface area contributed by atoms with Gasteiger partial charge in [-0.3, -0.25) is 9.59 Å². The Labute approximate surface area is 152 Å². The lowest BCUT2D eigenvalue weighted by molar-refractivity contribution is -0.139. The number of nitrogens with one attached hydrogen (secondary N) is 1. The number of aliphatic hydroxyl groups excluding tert-OH is 3. The lowest BCUT2D eigenvalue weighted by Gasteiger charge is -2.04. The lowest BCUT2D eigenvalue weighted by Crippen LogP contribution is -2.32. The van der Waals surface area contributed by atoms with Crippen molar-refractivity contribution in [3.63, 3.8) is 0 Å². The minimum absolute atomic E-state index is 0.269. The summed E-state index contributed by atoms with van der Waals surface area (Å²) in [5.74, 6) is -1.68. The zero-order valence-electron chi connectivity index (χ0n) is 14.5. The highest BCUT2D eigenvalue weighted by Crippen LogP contribution is 2.03. The molecular formula is C17H28N2O7. The van der Waals surface area contributed by atoms with E-state index in [0.29, 0.717) is 6.42 Å². The number of carboxylic acids is 2. The zero-order valence-corrected chi connectivity index (χ0v) is 14.5. The molecule has 1 aromatic carbocycles. The number of carbonyl (C=O) groups is 2. The average Bonchev–Trinajstić information content (AvgIpc) is 3.18. The van der Waals surface area contributed by atoms with Gasteiger partial charge in [0.2, 0.25) is 0 Å². The quantitative estimate of drug-likeness (QED) is 0.323. The smallest absolute Gasteiger partial charge is 0.320 e. The van der Waals surface area contributed by atoms with Gasteiger partial charge >= 0.3 is 11.9 Å². The second-order valence-corrected chi connectivity index (χ2v) is 5.64. The summed E-state index contributed by atoms with van der Waals surface area (Å²) < 4.78 is 0. The van der Waals surface area contributed by atoms with Gasteiger partial charge in [-0.2, -0.15) is 0 Å². The van der Waals surface area contributed by atoms with Crippen molar-refractivity contribution in [1.29, 1.82) is 0 Å². The summed E-state index contributed by atoms with van der Waals surface area (Å²) in [4.78, 5) is 20.5. The molecule has 0 saturated carbocycles. The summed E-state index contributed by atoms with van der Waals surface area (Å²) in [5.41, 5.74) is 6.30. The van der Waals surface area contributed by atoms with Crippen molar-refractivity contribution in [3.8, 4) is 0 Å². The third kappa shape index (κ3) is 11.5. The fraction of sp³-hybridized carbons (Fsp3) is 0.529. The number of aliphatic carboxylic acids is 2. The largest absolute Gasteiger partial charge is 0.480 e. The van der Waals surface area contributed by atoms with Gasteiger partial charge in [-0.05, 0) is 31.4 Å². The Hall–Kier alpha value is -2.04. The highest BCUT2D eigenvalue weighted by atomic mass is 16.4. The standard InChI is InChI=1S/C9H11NO2.C5H9NO2.C3H8O3/c10-8(9(11)12)6-7-4-2-1-3-5-7;7-5(8)4-2-1-3-6-4;4-1-3(6)2-5/h1-5,8H,6,10H2,(H,11,12);4,6H,1-3H2,(H,7,8);3-6H,1-2H2/t8-;4-;/m00./s1. The van der Waals surface area contributed by atoms with Gasteiger partial charge in [-0.25, -0.2) is 0 Å². The first-order chi connectivity index (χ1) is 12.3. The van der Waals surface area contributed by atoms with Crippen molar-refractivity contribution in [2.75, 3.05) is 19.8 Å². The molecule has 1 aliphatic heterocycles. The van der Waals surface area contributed by atoms with Crippen molar-refractivity contribution >= 4 is 11.9 Å². The number of hydrogen-bond acceptors (Lipinski definition) is 7. The van der Waals surface area contributed by atoms with Crippen LogP contribution >= 0.6 is 0 Å². The molecule has 9 nitrogen and oxygen atoms in total. The van der Waals surface area contributed by atoms with Crippen molar-refractivity contribution in [2.45, 2.75) is 37.5 Å². The van der Waals surface area contributed by atoms with Crippen LogP contribution in [0.15, 0.2) is 30.3 Å². The summed E-state index contributed by atoms with van der Waals surface area (Å²) in [6.45, 7) is 0.129. The maximum Gasteiger partial charge on any atom is 0.320 e. The van der Waals surface area contributed by atoms with Crippen molar-refractivity contribution in [2.24, 2.45) is 5.73 Å². The van der Waals surface area contributed by atoms with Crippen LogP contribution in [0.4, 0.5) is 0 Å². The number of carboxylic acid groups (broad SMARTS) is 2. The molecule has 9 heteroatoms. The zero-order chi connectivity index (χ0) is 19.9. The molecular weight excluding hydrogens is 344 g/mol. The van der Waals surface area contributed by atoms with Gasteiger partial charge in [0.25, 0.3) is 0 Å². The van der Waals surface area contributed by atoms with E-state index in [-0.39, 0.29) is 19.3 Å². The van der Waals surface area contributed by atoms with Gasteiger partial charge in [-0.15, -0.1) is 0 Å². The number of aliphatic hydroxyl groups is 3. The van der Waals surface area contributed by atoms with E-state index in [4.69, 9.17) is 31.3 Å². The van der Waals surface area contributed by atoms with Crippen LogP contribution in [0.5, 0.6) is 0 Å². The highest BCUT2D eigenvalue weighted by Gasteiger charge is 2.20. The topological polar surface area (TPSA) is 173 Å². The van der Waals surface area contributed by atoms with Crippen molar-refractivity contribution < 1.29 is 35.1 Å². The Morgan fingerprint density at radius 3 is 2.04 bits per heavy atom. The minimum Gasteiger partial charge on any atom is -0.480 e. The van der Waals surface area contributed by atoms with Crippen LogP contribution in [0.25, 0.3) is 0 Å². The second-order valence-electron chi connectivity index (χ2n) is 5.64. The Kier molecular flexibility index (Phi) is 13.1. The monoisotopic (exact) mass is 372 g/mol. The molecule has 1 aromatic rings. The molecule has 2 atom stereocenters. The molecule has 1 heterocycles. The van der Waals surface area contributed by atoms with Crippen LogP contribution < -0.4 is 11.1 Å². The summed E-state index contributed by atoms with van der Waals surface area (Å²) in [7, 11) is 0. The molecule has 0 unspecified atom stereocenters. The summed E-state index contributed by atoms with van der Waals surface area (Å²) in [6, 6.07) is 8.28. The van der Waals surface area contributed by atoms with Gasteiger partial charge in [0.05, 0.1) is 13.2 Å². The Morgan fingerprint density at radius 2 is 1.73 bits per heavy atom. The average molecular weight is 372 g/mol. The van der Waals surface area contributed by atoms with Crippen LogP contribution in [0.1, 0.15) is 18.4 Å². The lowest BCUT2D eigenvalue weighted by atomic mass is 10.1. The van der Waals surface area contributed by atoms with Crippen molar-refractivity contribution in [1.82, 2.24) is 5.32 Å². The van der Waals surface area contributed by atoms with E-state index in [0.717, 1.165) is 24.9 Å². The molecule has 2 rings (SSSR count). The number of rotatable bonds is 6. The summed E-state index contributed by atoms with van der Waals surface area (Å²) >= 11 is 0. The molecule has 0 aliphatic carbocycles. The molecule has 148 valence electrons. The van der Waals surface area contributed by atoms with E-state index in [2.05, 4.69) is 5.32 Å². The Bertz CT molecular complexity index is 503. The predicted molar refractivity (Wildman–Crippen MR) is 94.6 cm³/mol. The third-order valence-corrected chi connectivity index (χ3v) is 3.40. The van der Waals surface area contributed by atoms with E-state index in [1.54, 1.807) is 0 Å². The molecule has 0 bridgehead atoms. The fourth-order valence-corrected chi connectivity index (χ4v) is 1.91. The van der Waals surface area contributed by atoms with Crippen LogP contribution in [0.3, 0.4) is 0 Å². The van der Waals surface area contributed by atoms with E-state index >= 15 is 0 Å². The van der Waals surface area contributed by atoms with E-state index in [1.807, 2.05) is 30.3 Å². The number of hydrogen-bond donors (Lipinski definition) is 7. The molecule has 1 aliphatic rings. The number of nitrogens with two attached hydrogens (primary N) is 1.